The molecule has 1 amide bonds. The molecule has 0 fully saturated rings. The van der Waals surface area contributed by atoms with Crippen LogP contribution in [0.1, 0.15) is 43.1 Å². The molecule has 2 aromatic rings. The van der Waals surface area contributed by atoms with Crippen LogP contribution in [0.2, 0.25) is 0 Å². The van der Waals surface area contributed by atoms with Crippen LogP contribution in [0, 0.1) is 0 Å². The fraction of sp³-hybridized carbons (Fsp3) is 0.350. The summed E-state index contributed by atoms with van der Waals surface area (Å²) in [4.78, 5) is 14.7. The number of nitrogens with zero attached hydrogens (tertiary/aromatic N) is 1. The molecule has 0 aliphatic carbocycles. The third-order valence-corrected chi connectivity index (χ3v) is 5.41. The second-order valence-corrected chi connectivity index (χ2v) is 7.99. The Morgan fingerprint density at radius 3 is 2.19 bits per heavy atom. The second-order valence-electron chi connectivity index (χ2n) is 6.13. The molecule has 0 aliphatic rings. The van der Waals surface area contributed by atoms with E-state index >= 15 is 0 Å². The topological polar surface area (TPSA) is 63.7 Å². The number of carbonyl (C=O) groups excluding carboxylic acids is 1. The van der Waals surface area contributed by atoms with Crippen LogP contribution in [0.15, 0.2) is 54.6 Å². The van der Waals surface area contributed by atoms with Crippen LogP contribution in [0.5, 0.6) is 5.75 Å². The maximum atomic E-state index is 12.9. The van der Waals surface area contributed by atoms with Crippen molar-refractivity contribution in [2.24, 2.45) is 0 Å². The lowest BCUT2D eigenvalue weighted by molar-refractivity contribution is 0.0671. The summed E-state index contributed by atoms with van der Waals surface area (Å²) in [5.41, 5.74) is 1.57. The maximum Gasteiger partial charge on any atom is 0.308 e. The summed E-state index contributed by atoms with van der Waals surface area (Å²) in [7, 11) is -3.54. The normalized spacial score (nSPS) is 12.4. The van der Waals surface area contributed by atoms with Gasteiger partial charge in [-0.3, -0.25) is 4.79 Å². The first-order valence-corrected chi connectivity index (χ1v) is 10.3. The molecular formula is C20H25NO4S. The van der Waals surface area contributed by atoms with Crippen molar-refractivity contribution in [2.45, 2.75) is 39.8 Å². The van der Waals surface area contributed by atoms with Gasteiger partial charge in [0.25, 0.3) is 5.91 Å². The highest BCUT2D eigenvalue weighted by molar-refractivity contribution is 7.87. The lowest BCUT2D eigenvalue weighted by Crippen LogP contribution is -2.37. The van der Waals surface area contributed by atoms with Crippen molar-refractivity contribution in [3.63, 3.8) is 0 Å². The first-order valence-electron chi connectivity index (χ1n) is 8.73. The van der Waals surface area contributed by atoms with Gasteiger partial charge >= 0.3 is 10.1 Å². The molecule has 140 valence electrons. The summed E-state index contributed by atoms with van der Waals surface area (Å²) in [6.07, 6.45) is 0.842. The van der Waals surface area contributed by atoms with Gasteiger partial charge in [-0.15, -0.1) is 0 Å². The number of hydrogen-bond donors (Lipinski definition) is 0. The first-order chi connectivity index (χ1) is 12.4. The van der Waals surface area contributed by atoms with E-state index in [1.54, 1.807) is 24.3 Å². The zero-order chi connectivity index (χ0) is 19.2. The Labute approximate surface area is 155 Å². The van der Waals surface area contributed by atoms with Crippen molar-refractivity contribution in [2.75, 3.05) is 5.75 Å². The molecule has 0 aromatic heterocycles. The minimum atomic E-state index is -3.54. The summed E-state index contributed by atoms with van der Waals surface area (Å²) in [5, 5.41) is 0. The van der Waals surface area contributed by atoms with E-state index in [1.807, 2.05) is 49.1 Å². The number of benzene rings is 2. The fourth-order valence-electron chi connectivity index (χ4n) is 2.45. The maximum absolute atomic E-state index is 12.9. The molecule has 6 heteroatoms. The van der Waals surface area contributed by atoms with E-state index in [4.69, 9.17) is 4.18 Å². The number of carbonyl (C=O) groups is 1. The monoisotopic (exact) mass is 375 g/mol. The predicted molar refractivity (Wildman–Crippen MR) is 103 cm³/mol. The van der Waals surface area contributed by atoms with E-state index in [1.165, 1.54) is 6.92 Å². The molecule has 26 heavy (non-hydrogen) atoms. The second kappa shape index (κ2) is 8.85. The molecule has 0 bridgehead atoms. The highest BCUT2D eigenvalue weighted by Gasteiger charge is 2.20. The van der Waals surface area contributed by atoms with Gasteiger partial charge in [0.15, 0.2) is 0 Å². The Morgan fingerprint density at radius 2 is 1.65 bits per heavy atom. The molecule has 1 atom stereocenters. The van der Waals surface area contributed by atoms with Gasteiger partial charge in [0.05, 0.1) is 5.75 Å². The van der Waals surface area contributed by atoms with Gasteiger partial charge in [-0.05, 0) is 50.1 Å². The Bertz CT molecular complexity index is 817. The minimum Gasteiger partial charge on any atom is -0.382 e. The molecule has 2 aromatic carbocycles. The summed E-state index contributed by atoms with van der Waals surface area (Å²) in [6.45, 7) is 6.04. The molecule has 0 spiro atoms. The average Bonchev–Trinajstić information content (AvgIpc) is 2.66. The molecule has 0 N–H and O–H groups in total. The number of rotatable bonds is 8. The van der Waals surface area contributed by atoms with Crippen molar-refractivity contribution < 1.29 is 17.4 Å². The summed E-state index contributed by atoms with van der Waals surface area (Å²) >= 11 is 0. The van der Waals surface area contributed by atoms with Gasteiger partial charge in [-0.1, -0.05) is 37.3 Å². The summed E-state index contributed by atoms with van der Waals surface area (Å²) < 4.78 is 28.0. The fourth-order valence-corrected chi connectivity index (χ4v) is 2.97. The molecule has 0 saturated carbocycles. The van der Waals surface area contributed by atoms with Crippen LogP contribution in [0.4, 0.5) is 0 Å². The zero-order valence-corrected chi connectivity index (χ0v) is 16.2. The summed E-state index contributed by atoms with van der Waals surface area (Å²) in [5.74, 6) is 0.177. The van der Waals surface area contributed by atoms with Crippen LogP contribution in [0.25, 0.3) is 0 Å². The van der Waals surface area contributed by atoms with Crippen LogP contribution in [0.3, 0.4) is 0 Å². The Kier molecular flexibility index (Phi) is 6.80. The molecule has 0 heterocycles. The van der Waals surface area contributed by atoms with Crippen LogP contribution in [-0.4, -0.2) is 31.0 Å². The zero-order valence-electron chi connectivity index (χ0n) is 15.4. The third kappa shape index (κ3) is 5.33. The van der Waals surface area contributed by atoms with Crippen LogP contribution < -0.4 is 4.18 Å². The molecule has 2 rings (SSSR count). The Balaban J connectivity index is 2.17. The van der Waals surface area contributed by atoms with E-state index < -0.39 is 10.1 Å². The summed E-state index contributed by atoms with van der Waals surface area (Å²) in [6, 6.07) is 16.1. The van der Waals surface area contributed by atoms with Crippen molar-refractivity contribution in [1.82, 2.24) is 4.90 Å². The molecule has 0 unspecified atom stereocenters. The van der Waals surface area contributed by atoms with Gasteiger partial charge in [0, 0.05) is 18.2 Å². The van der Waals surface area contributed by atoms with Gasteiger partial charge in [-0.2, -0.15) is 8.42 Å². The van der Waals surface area contributed by atoms with E-state index in [2.05, 4.69) is 0 Å². The van der Waals surface area contributed by atoms with E-state index in [-0.39, 0.29) is 23.5 Å². The van der Waals surface area contributed by atoms with E-state index in [9.17, 15) is 13.2 Å². The molecule has 0 aliphatic heterocycles. The SMILES string of the molecule is CC[C@@H](C)N(Cc1ccc(OS(=O)(=O)CC)cc1)C(=O)c1ccccc1. The highest BCUT2D eigenvalue weighted by atomic mass is 32.2. The van der Waals surface area contributed by atoms with Crippen LogP contribution in [-0.2, 0) is 16.7 Å². The molecule has 5 nitrogen and oxygen atoms in total. The van der Waals surface area contributed by atoms with Crippen molar-refractivity contribution in [1.29, 1.82) is 0 Å². The first kappa shape index (κ1) is 20.0. The number of amides is 1. The number of hydrogen-bond acceptors (Lipinski definition) is 4. The van der Waals surface area contributed by atoms with Crippen molar-refractivity contribution in [3.8, 4) is 5.75 Å². The lowest BCUT2D eigenvalue weighted by Gasteiger charge is -2.29. The molecular weight excluding hydrogens is 350 g/mol. The Hall–Kier alpha value is -2.34. The molecule has 0 saturated heterocycles. The van der Waals surface area contributed by atoms with Gasteiger partial charge in [-0.25, -0.2) is 0 Å². The minimum absolute atomic E-state index is 0.0196. The van der Waals surface area contributed by atoms with Crippen molar-refractivity contribution >= 4 is 16.0 Å². The highest BCUT2D eigenvalue weighted by Crippen LogP contribution is 2.19. The third-order valence-electron chi connectivity index (χ3n) is 4.26. The average molecular weight is 375 g/mol. The molecule has 0 radical (unpaired) electrons. The van der Waals surface area contributed by atoms with Gasteiger partial charge < -0.3 is 9.08 Å². The predicted octanol–water partition coefficient (Wildman–Crippen LogP) is 3.86. The Morgan fingerprint density at radius 1 is 1.04 bits per heavy atom. The smallest absolute Gasteiger partial charge is 0.308 e. The van der Waals surface area contributed by atoms with Gasteiger partial charge in [0.2, 0.25) is 0 Å². The largest absolute Gasteiger partial charge is 0.382 e. The van der Waals surface area contributed by atoms with Crippen molar-refractivity contribution in [3.05, 3.63) is 65.7 Å². The van der Waals surface area contributed by atoms with E-state index in [0.29, 0.717) is 12.1 Å². The van der Waals surface area contributed by atoms with Gasteiger partial charge in [0.1, 0.15) is 5.75 Å². The standard InChI is InChI=1S/C20H25NO4S/c1-4-16(3)21(20(22)18-9-7-6-8-10-18)15-17-11-13-19(14-12-17)25-26(23,24)5-2/h6-14,16H,4-5,15H2,1-3H3/t16-/m1/s1. The van der Waals surface area contributed by atoms with E-state index in [0.717, 1.165) is 12.0 Å². The van der Waals surface area contributed by atoms with Crippen LogP contribution >= 0.6 is 0 Å². The quantitative estimate of drug-likeness (QED) is 0.657. The lowest BCUT2D eigenvalue weighted by atomic mass is 10.1.